The van der Waals surface area contributed by atoms with E-state index in [2.05, 4.69) is 10.2 Å². The fourth-order valence-electron chi connectivity index (χ4n) is 3.72. The average Bonchev–Trinajstić information content (AvgIpc) is 3.28. The Labute approximate surface area is 200 Å². The summed E-state index contributed by atoms with van der Waals surface area (Å²) in [6.07, 6.45) is 1.79. The second-order valence-electron chi connectivity index (χ2n) is 9.10. The van der Waals surface area contributed by atoms with Gasteiger partial charge < -0.3 is 25.0 Å². The fourth-order valence-corrected chi connectivity index (χ4v) is 3.98. The fraction of sp³-hybridized carbons (Fsp3) is 0.440. The van der Waals surface area contributed by atoms with E-state index in [1.54, 1.807) is 39.0 Å². The van der Waals surface area contributed by atoms with E-state index in [0.717, 1.165) is 37.2 Å². The minimum absolute atomic E-state index is 0.112. The molecular weight excluding hydrogens is 442 g/mol. The van der Waals surface area contributed by atoms with Crippen LogP contribution in [0.25, 0.3) is 0 Å². The molecule has 1 fully saturated rings. The predicted molar refractivity (Wildman–Crippen MR) is 131 cm³/mol. The summed E-state index contributed by atoms with van der Waals surface area (Å²) in [4.78, 5) is 29.2. The molecule has 0 bridgehead atoms. The van der Waals surface area contributed by atoms with Crippen LogP contribution in [-0.2, 0) is 11.3 Å². The van der Waals surface area contributed by atoms with Crippen LogP contribution in [0.5, 0.6) is 0 Å². The number of carbonyl (C=O) groups is 2. The van der Waals surface area contributed by atoms with E-state index < -0.39 is 11.7 Å². The van der Waals surface area contributed by atoms with Gasteiger partial charge in [0.15, 0.2) is 0 Å². The molecular formula is C25H32ClN3O4. The van der Waals surface area contributed by atoms with Gasteiger partial charge >= 0.3 is 6.09 Å². The lowest BCUT2D eigenvalue weighted by Gasteiger charge is -2.27. The number of amides is 2. The Morgan fingerprint density at radius 3 is 2.48 bits per heavy atom. The standard InChI is InChI=1S/C25H32ClN3O4/c1-25(2,3)33-24(32)29(14-15-30)17-18-8-4-5-9-22(18)27-23(31)20-11-10-19(16-21(20)26)28-12-6-7-13-28/h4-5,8-11,16,30H,6-7,12-15,17H2,1-3H3,(H,27,31). The highest BCUT2D eigenvalue weighted by molar-refractivity contribution is 6.34. The highest BCUT2D eigenvalue weighted by Gasteiger charge is 2.23. The number of para-hydroxylation sites is 1. The van der Waals surface area contributed by atoms with E-state index in [1.165, 1.54) is 4.90 Å². The first kappa shape index (κ1) is 24.9. The molecule has 2 aromatic carbocycles. The molecule has 0 unspecified atom stereocenters. The number of ether oxygens (including phenoxy) is 1. The molecule has 1 aliphatic rings. The van der Waals surface area contributed by atoms with Crippen molar-refractivity contribution in [3.8, 4) is 0 Å². The molecule has 0 atom stereocenters. The third-order valence-corrected chi connectivity index (χ3v) is 5.63. The SMILES string of the molecule is CC(C)(C)OC(=O)N(CCO)Cc1ccccc1NC(=O)c1ccc(N2CCCC2)cc1Cl. The third-order valence-electron chi connectivity index (χ3n) is 5.32. The summed E-state index contributed by atoms with van der Waals surface area (Å²) in [6, 6.07) is 12.7. The topological polar surface area (TPSA) is 82.1 Å². The Morgan fingerprint density at radius 2 is 1.85 bits per heavy atom. The molecule has 0 spiro atoms. The second kappa shape index (κ2) is 10.9. The molecule has 0 saturated carbocycles. The van der Waals surface area contributed by atoms with Crippen LogP contribution in [0.2, 0.25) is 5.02 Å². The van der Waals surface area contributed by atoms with Gasteiger partial charge in [-0.2, -0.15) is 0 Å². The van der Waals surface area contributed by atoms with Crippen molar-refractivity contribution in [2.45, 2.75) is 45.8 Å². The van der Waals surface area contributed by atoms with Crippen molar-refractivity contribution in [3.05, 3.63) is 58.6 Å². The lowest BCUT2D eigenvalue weighted by Crippen LogP contribution is -2.38. The largest absolute Gasteiger partial charge is 0.444 e. The molecule has 2 N–H and O–H groups in total. The van der Waals surface area contributed by atoms with Crippen molar-refractivity contribution < 1.29 is 19.4 Å². The van der Waals surface area contributed by atoms with Gasteiger partial charge in [0, 0.05) is 31.0 Å². The summed E-state index contributed by atoms with van der Waals surface area (Å²) in [5.41, 5.74) is 2.03. The molecule has 2 amide bonds. The molecule has 0 aromatic heterocycles. The van der Waals surface area contributed by atoms with Crippen LogP contribution in [0.1, 0.15) is 49.5 Å². The Kier molecular flexibility index (Phi) is 8.21. The van der Waals surface area contributed by atoms with Crippen LogP contribution in [0.4, 0.5) is 16.2 Å². The van der Waals surface area contributed by atoms with Crippen molar-refractivity contribution in [2.24, 2.45) is 0 Å². The molecule has 1 aliphatic heterocycles. The summed E-state index contributed by atoms with van der Waals surface area (Å²) < 4.78 is 5.45. The number of rotatable bonds is 7. The molecule has 178 valence electrons. The van der Waals surface area contributed by atoms with Crippen molar-refractivity contribution in [1.29, 1.82) is 0 Å². The molecule has 1 saturated heterocycles. The van der Waals surface area contributed by atoms with E-state index in [4.69, 9.17) is 16.3 Å². The number of hydrogen-bond donors (Lipinski definition) is 2. The normalized spacial score (nSPS) is 13.7. The Hall–Kier alpha value is -2.77. The van der Waals surface area contributed by atoms with Gasteiger partial charge in [-0.3, -0.25) is 4.79 Å². The quantitative estimate of drug-likeness (QED) is 0.596. The van der Waals surface area contributed by atoms with Gasteiger partial charge in [-0.05, 0) is 63.4 Å². The maximum Gasteiger partial charge on any atom is 0.410 e. The van der Waals surface area contributed by atoms with Gasteiger partial charge in [-0.25, -0.2) is 4.79 Å². The molecule has 0 aliphatic carbocycles. The lowest BCUT2D eigenvalue weighted by atomic mass is 10.1. The van der Waals surface area contributed by atoms with E-state index in [1.807, 2.05) is 24.3 Å². The zero-order chi connectivity index (χ0) is 24.0. The van der Waals surface area contributed by atoms with Crippen molar-refractivity contribution >= 4 is 35.0 Å². The molecule has 0 radical (unpaired) electrons. The number of hydrogen-bond acceptors (Lipinski definition) is 5. The summed E-state index contributed by atoms with van der Waals surface area (Å²) in [5, 5.41) is 12.7. The van der Waals surface area contributed by atoms with Crippen molar-refractivity contribution in [3.63, 3.8) is 0 Å². The molecule has 8 heteroatoms. The van der Waals surface area contributed by atoms with Crippen LogP contribution in [-0.4, -0.2) is 53.8 Å². The summed E-state index contributed by atoms with van der Waals surface area (Å²) in [6.45, 7) is 7.44. The number of nitrogens with zero attached hydrogens (tertiary/aromatic N) is 2. The minimum Gasteiger partial charge on any atom is -0.444 e. The predicted octanol–water partition coefficient (Wildman–Crippen LogP) is 4.92. The number of benzene rings is 2. The van der Waals surface area contributed by atoms with Crippen molar-refractivity contribution in [1.82, 2.24) is 4.90 Å². The Bertz CT molecular complexity index is 984. The van der Waals surface area contributed by atoms with Gasteiger partial charge in [-0.1, -0.05) is 29.8 Å². The molecule has 3 rings (SSSR count). The summed E-state index contributed by atoms with van der Waals surface area (Å²) in [7, 11) is 0. The molecule has 7 nitrogen and oxygen atoms in total. The maximum absolute atomic E-state index is 13.0. The Morgan fingerprint density at radius 1 is 1.15 bits per heavy atom. The van der Waals surface area contributed by atoms with Crippen LogP contribution >= 0.6 is 11.6 Å². The zero-order valence-corrected chi connectivity index (χ0v) is 20.2. The van der Waals surface area contributed by atoms with Crippen molar-refractivity contribution in [2.75, 3.05) is 36.5 Å². The minimum atomic E-state index is -0.656. The highest BCUT2D eigenvalue weighted by atomic mass is 35.5. The number of aliphatic hydroxyl groups excluding tert-OH is 1. The molecule has 2 aromatic rings. The number of anilines is 2. The van der Waals surface area contributed by atoms with Crippen LogP contribution in [0.15, 0.2) is 42.5 Å². The van der Waals surface area contributed by atoms with E-state index in [-0.39, 0.29) is 25.6 Å². The highest BCUT2D eigenvalue weighted by Crippen LogP contribution is 2.28. The lowest BCUT2D eigenvalue weighted by molar-refractivity contribution is 0.0202. The van der Waals surface area contributed by atoms with Crippen LogP contribution < -0.4 is 10.2 Å². The van der Waals surface area contributed by atoms with E-state index >= 15 is 0 Å². The monoisotopic (exact) mass is 473 g/mol. The van der Waals surface area contributed by atoms with Gasteiger partial charge in [-0.15, -0.1) is 0 Å². The van der Waals surface area contributed by atoms with Gasteiger partial charge in [0.05, 0.1) is 23.7 Å². The number of aliphatic hydroxyl groups is 1. The number of carbonyl (C=O) groups excluding carboxylic acids is 2. The average molecular weight is 474 g/mol. The number of nitrogens with one attached hydrogen (secondary N) is 1. The summed E-state index contributed by atoms with van der Waals surface area (Å²) >= 11 is 6.45. The third kappa shape index (κ3) is 6.85. The van der Waals surface area contributed by atoms with E-state index in [9.17, 15) is 14.7 Å². The van der Waals surface area contributed by atoms with Crippen LogP contribution in [0, 0.1) is 0 Å². The first-order chi connectivity index (χ1) is 15.7. The maximum atomic E-state index is 13.0. The zero-order valence-electron chi connectivity index (χ0n) is 19.4. The van der Waals surface area contributed by atoms with Gasteiger partial charge in [0.2, 0.25) is 0 Å². The van der Waals surface area contributed by atoms with Gasteiger partial charge in [0.25, 0.3) is 5.91 Å². The smallest absolute Gasteiger partial charge is 0.410 e. The van der Waals surface area contributed by atoms with E-state index in [0.29, 0.717) is 16.3 Å². The molecule has 33 heavy (non-hydrogen) atoms. The molecule has 1 heterocycles. The number of halogens is 1. The first-order valence-corrected chi connectivity index (χ1v) is 11.6. The van der Waals surface area contributed by atoms with Crippen LogP contribution in [0.3, 0.4) is 0 Å². The first-order valence-electron chi connectivity index (χ1n) is 11.2. The second-order valence-corrected chi connectivity index (χ2v) is 9.50. The Balaban J connectivity index is 1.75. The summed E-state index contributed by atoms with van der Waals surface area (Å²) in [5.74, 6) is -0.327. The van der Waals surface area contributed by atoms with Gasteiger partial charge in [0.1, 0.15) is 5.60 Å².